The van der Waals surface area contributed by atoms with Crippen LogP contribution < -0.4 is 5.73 Å². The first kappa shape index (κ1) is 12.4. The van der Waals surface area contributed by atoms with E-state index in [0.29, 0.717) is 0 Å². The number of halogens is 1. The van der Waals surface area contributed by atoms with E-state index in [4.69, 9.17) is 22.7 Å². The van der Waals surface area contributed by atoms with E-state index < -0.39 is 0 Å². The summed E-state index contributed by atoms with van der Waals surface area (Å²) in [6, 6.07) is 7.69. The number of thiazole rings is 1. The van der Waals surface area contributed by atoms with Crippen molar-refractivity contribution < 1.29 is 0 Å². The summed E-state index contributed by atoms with van der Waals surface area (Å²) >= 11 is 8.95. The molecule has 0 radical (unpaired) electrons. The lowest BCUT2D eigenvalue weighted by molar-refractivity contribution is 1.26. The zero-order valence-electron chi connectivity index (χ0n) is 8.81. The van der Waals surface area contributed by atoms with Crippen molar-refractivity contribution in [3.8, 4) is 0 Å². The molecule has 2 rings (SSSR count). The molecule has 6 heteroatoms. The maximum Gasteiger partial charge on any atom is 0.134 e. The molecule has 0 amide bonds. The highest BCUT2D eigenvalue weighted by atomic mass is 35.5. The minimum absolute atomic E-state index is 0.0743. The number of hydrogen-bond donors (Lipinski definition) is 2. The average molecular weight is 284 g/mol. The minimum Gasteiger partial charge on any atom is -0.383 e. The average Bonchev–Trinajstić information content (AvgIpc) is 2.77. The maximum atomic E-state index is 7.30. The van der Waals surface area contributed by atoms with Gasteiger partial charge in [0.2, 0.25) is 0 Å². The van der Waals surface area contributed by atoms with Crippen LogP contribution in [0.5, 0.6) is 0 Å². The number of hydrogen-bond acceptors (Lipinski definition) is 4. The van der Waals surface area contributed by atoms with Gasteiger partial charge in [-0.15, -0.1) is 23.1 Å². The van der Waals surface area contributed by atoms with Gasteiger partial charge in [0.25, 0.3) is 0 Å². The van der Waals surface area contributed by atoms with Crippen LogP contribution in [0.4, 0.5) is 0 Å². The van der Waals surface area contributed by atoms with Crippen molar-refractivity contribution in [2.45, 2.75) is 10.6 Å². The Morgan fingerprint density at radius 3 is 2.71 bits per heavy atom. The van der Waals surface area contributed by atoms with Crippen LogP contribution in [0.3, 0.4) is 0 Å². The molecule has 0 unspecified atom stereocenters. The van der Waals surface area contributed by atoms with Gasteiger partial charge in [-0.05, 0) is 24.3 Å². The van der Waals surface area contributed by atoms with Gasteiger partial charge in [0, 0.05) is 16.1 Å². The highest BCUT2D eigenvalue weighted by molar-refractivity contribution is 7.98. The molecule has 0 aliphatic heterocycles. The molecule has 2 aromatic rings. The molecular weight excluding hydrogens is 274 g/mol. The van der Waals surface area contributed by atoms with Crippen molar-refractivity contribution in [2.75, 3.05) is 0 Å². The number of nitrogens with one attached hydrogen (secondary N) is 1. The van der Waals surface area contributed by atoms with Gasteiger partial charge in [-0.1, -0.05) is 11.6 Å². The monoisotopic (exact) mass is 283 g/mol. The Bertz CT molecular complexity index is 522. The SMILES string of the molecule is N=C(N)c1cnc(CSc2ccc(Cl)cc2)s1. The molecule has 3 nitrogen and oxygen atoms in total. The molecule has 1 heterocycles. The van der Waals surface area contributed by atoms with E-state index in [1.807, 2.05) is 24.3 Å². The van der Waals surface area contributed by atoms with E-state index in [0.717, 1.165) is 25.6 Å². The van der Waals surface area contributed by atoms with Crippen LogP contribution in [-0.4, -0.2) is 10.8 Å². The summed E-state index contributed by atoms with van der Waals surface area (Å²) < 4.78 is 0. The van der Waals surface area contributed by atoms with Gasteiger partial charge in [-0.3, -0.25) is 5.41 Å². The third-order valence-electron chi connectivity index (χ3n) is 1.99. The van der Waals surface area contributed by atoms with Crippen molar-refractivity contribution in [3.63, 3.8) is 0 Å². The fraction of sp³-hybridized carbons (Fsp3) is 0.0909. The lowest BCUT2D eigenvalue weighted by atomic mass is 10.4. The molecule has 1 aromatic carbocycles. The van der Waals surface area contributed by atoms with Crippen molar-refractivity contribution in [2.24, 2.45) is 5.73 Å². The van der Waals surface area contributed by atoms with Crippen LogP contribution in [0.15, 0.2) is 35.4 Å². The third kappa shape index (κ3) is 3.46. The molecule has 0 aliphatic carbocycles. The Morgan fingerprint density at radius 1 is 1.41 bits per heavy atom. The number of benzene rings is 1. The van der Waals surface area contributed by atoms with E-state index in [-0.39, 0.29) is 5.84 Å². The van der Waals surface area contributed by atoms with Crippen LogP contribution in [0.1, 0.15) is 9.88 Å². The lowest BCUT2D eigenvalue weighted by Crippen LogP contribution is -2.08. The van der Waals surface area contributed by atoms with Gasteiger partial charge >= 0.3 is 0 Å². The molecule has 0 saturated carbocycles. The van der Waals surface area contributed by atoms with E-state index in [1.165, 1.54) is 11.3 Å². The zero-order chi connectivity index (χ0) is 12.3. The van der Waals surface area contributed by atoms with Crippen LogP contribution in [0.25, 0.3) is 0 Å². The van der Waals surface area contributed by atoms with E-state index in [2.05, 4.69) is 4.98 Å². The van der Waals surface area contributed by atoms with Gasteiger partial charge in [0.1, 0.15) is 10.8 Å². The standard InChI is InChI=1S/C11H10ClN3S2/c12-7-1-3-8(4-2-7)16-6-10-15-5-9(17-10)11(13)14/h1-5H,6H2,(H3,13,14). The van der Waals surface area contributed by atoms with Gasteiger partial charge < -0.3 is 5.73 Å². The fourth-order valence-corrected chi connectivity index (χ4v) is 2.98. The first-order chi connectivity index (χ1) is 8.15. The molecule has 3 N–H and O–H groups in total. The van der Waals surface area contributed by atoms with Crippen LogP contribution in [-0.2, 0) is 5.75 Å². The minimum atomic E-state index is 0.0743. The molecule has 0 fully saturated rings. The third-order valence-corrected chi connectivity index (χ3v) is 4.48. The lowest BCUT2D eigenvalue weighted by Gasteiger charge is -1.98. The van der Waals surface area contributed by atoms with Gasteiger partial charge in [0.05, 0.1) is 10.6 Å². The number of nitrogen functional groups attached to an aromatic ring is 1. The molecule has 1 aromatic heterocycles. The van der Waals surface area contributed by atoms with Gasteiger partial charge in [-0.2, -0.15) is 0 Å². The first-order valence-corrected chi connectivity index (χ1v) is 7.00. The Morgan fingerprint density at radius 2 is 2.12 bits per heavy atom. The van der Waals surface area contributed by atoms with Crippen LogP contribution >= 0.6 is 34.7 Å². The molecule has 0 bridgehead atoms. The van der Waals surface area contributed by atoms with Crippen LogP contribution in [0, 0.1) is 5.41 Å². The molecule has 0 saturated heterocycles. The summed E-state index contributed by atoms with van der Waals surface area (Å²) in [6.45, 7) is 0. The quantitative estimate of drug-likeness (QED) is 0.514. The second kappa shape index (κ2) is 5.53. The van der Waals surface area contributed by atoms with Gasteiger partial charge in [0.15, 0.2) is 0 Å². The van der Waals surface area contributed by atoms with Crippen molar-refractivity contribution >= 4 is 40.5 Å². The second-order valence-electron chi connectivity index (χ2n) is 3.27. The number of nitrogens with zero attached hydrogens (tertiary/aromatic N) is 1. The summed E-state index contributed by atoms with van der Waals surface area (Å²) in [6.07, 6.45) is 1.64. The summed E-state index contributed by atoms with van der Waals surface area (Å²) in [5, 5.41) is 9.00. The number of amidine groups is 1. The molecule has 0 aliphatic rings. The Balaban J connectivity index is 1.97. The smallest absolute Gasteiger partial charge is 0.134 e. The van der Waals surface area contributed by atoms with Crippen molar-refractivity contribution in [1.29, 1.82) is 5.41 Å². The summed E-state index contributed by atoms with van der Waals surface area (Å²) in [4.78, 5) is 6.09. The van der Waals surface area contributed by atoms with Gasteiger partial charge in [-0.25, -0.2) is 4.98 Å². The second-order valence-corrected chi connectivity index (χ2v) is 5.87. The molecule has 88 valence electrons. The largest absolute Gasteiger partial charge is 0.383 e. The normalized spacial score (nSPS) is 10.4. The maximum absolute atomic E-state index is 7.30. The van der Waals surface area contributed by atoms with Crippen molar-refractivity contribution in [3.05, 3.63) is 45.4 Å². The number of nitrogens with two attached hydrogens (primary N) is 1. The van der Waals surface area contributed by atoms with E-state index in [1.54, 1.807) is 18.0 Å². The molecular formula is C11H10ClN3S2. The number of rotatable bonds is 4. The predicted octanol–water partition coefficient (Wildman–Crippen LogP) is 3.37. The summed E-state index contributed by atoms with van der Waals surface area (Å²) in [5.74, 6) is 0.852. The highest BCUT2D eigenvalue weighted by Gasteiger charge is 2.04. The molecule has 0 atom stereocenters. The Hall–Kier alpha value is -1.04. The topological polar surface area (TPSA) is 62.8 Å². The number of aromatic nitrogens is 1. The number of thioether (sulfide) groups is 1. The highest BCUT2D eigenvalue weighted by Crippen LogP contribution is 2.26. The van der Waals surface area contributed by atoms with E-state index >= 15 is 0 Å². The summed E-state index contributed by atoms with van der Waals surface area (Å²) in [5.41, 5.74) is 5.38. The summed E-state index contributed by atoms with van der Waals surface area (Å²) in [7, 11) is 0. The molecule has 0 spiro atoms. The van der Waals surface area contributed by atoms with E-state index in [9.17, 15) is 0 Å². The van der Waals surface area contributed by atoms with Crippen LogP contribution in [0.2, 0.25) is 5.02 Å². The van der Waals surface area contributed by atoms with Crippen molar-refractivity contribution in [1.82, 2.24) is 4.98 Å². The first-order valence-electron chi connectivity index (χ1n) is 4.82. The Kier molecular flexibility index (Phi) is 4.04. The fourth-order valence-electron chi connectivity index (χ4n) is 1.18. The molecule has 17 heavy (non-hydrogen) atoms. The Labute approximate surface area is 113 Å². The predicted molar refractivity (Wildman–Crippen MR) is 74.1 cm³/mol. The zero-order valence-corrected chi connectivity index (χ0v) is 11.2.